The monoisotopic (exact) mass is 381 g/mol. The largest absolute Gasteiger partial charge is 0.370 e. The predicted molar refractivity (Wildman–Crippen MR) is 104 cm³/mol. The summed E-state index contributed by atoms with van der Waals surface area (Å²) >= 11 is 6.21. The van der Waals surface area contributed by atoms with E-state index in [1.807, 2.05) is 59.5 Å². The topological polar surface area (TPSA) is 47.4 Å². The molecule has 1 atom stereocenters. The van der Waals surface area contributed by atoms with Crippen molar-refractivity contribution in [1.29, 1.82) is 0 Å². The first-order valence-corrected chi connectivity index (χ1v) is 9.30. The van der Waals surface area contributed by atoms with Crippen LogP contribution in [0.4, 0.5) is 0 Å². The van der Waals surface area contributed by atoms with Gasteiger partial charge in [-0.1, -0.05) is 60.1 Å². The minimum atomic E-state index is -0.0953. The van der Waals surface area contributed by atoms with Crippen molar-refractivity contribution in [1.82, 2.24) is 14.7 Å². The first-order chi connectivity index (χ1) is 13.2. The number of morpholine rings is 1. The molecule has 1 aliphatic rings. The van der Waals surface area contributed by atoms with E-state index in [1.165, 1.54) is 0 Å². The maximum atomic E-state index is 12.9. The molecule has 0 radical (unpaired) electrons. The van der Waals surface area contributed by atoms with Crippen LogP contribution in [0.25, 0.3) is 0 Å². The minimum Gasteiger partial charge on any atom is -0.370 e. The van der Waals surface area contributed by atoms with Crippen molar-refractivity contribution in [3.63, 3.8) is 0 Å². The van der Waals surface area contributed by atoms with Gasteiger partial charge in [0, 0.05) is 17.8 Å². The van der Waals surface area contributed by atoms with Gasteiger partial charge in [0.05, 0.1) is 31.5 Å². The fraction of sp³-hybridized carbons (Fsp3) is 0.238. The van der Waals surface area contributed by atoms with Crippen molar-refractivity contribution in [3.05, 3.63) is 88.7 Å². The lowest BCUT2D eigenvalue weighted by atomic mass is 10.1. The zero-order chi connectivity index (χ0) is 18.6. The van der Waals surface area contributed by atoms with Gasteiger partial charge in [-0.3, -0.25) is 9.48 Å². The van der Waals surface area contributed by atoms with Gasteiger partial charge in [0.2, 0.25) is 0 Å². The molecule has 0 N–H and O–H groups in total. The molecule has 4 rings (SSSR count). The highest BCUT2D eigenvalue weighted by molar-refractivity contribution is 6.31. The van der Waals surface area contributed by atoms with Gasteiger partial charge in [-0.05, 0) is 17.2 Å². The van der Waals surface area contributed by atoms with Gasteiger partial charge < -0.3 is 9.64 Å². The molecule has 6 heteroatoms. The first-order valence-electron chi connectivity index (χ1n) is 8.92. The quantitative estimate of drug-likeness (QED) is 0.690. The van der Waals surface area contributed by atoms with E-state index in [-0.39, 0.29) is 12.0 Å². The number of benzene rings is 2. The summed E-state index contributed by atoms with van der Waals surface area (Å²) in [4.78, 5) is 14.7. The zero-order valence-corrected chi connectivity index (χ0v) is 15.5. The van der Waals surface area contributed by atoms with Crippen LogP contribution in [0.1, 0.15) is 27.6 Å². The van der Waals surface area contributed by atoms with E-state index in [2.05, 4.69) is 5.10 Å². The number of aromatic nitrogens is 2. The van der Waals surface area contributed by atoms with Crippen LogP contribution in [-0.2, 0) is 11.3 Å². The molecule has 1 aromatic heterocycles. The third-order valence-corrected chi connectivity index (χ3v) is 5.06. The Hall–Kier alpha value is -2.63. The van der Waals surface area contributed by atoms with Crippen molar-refractivity contribution in [2.75, 3.05) is 19.7 Å². The molecule has 1 fully saturated rings. The number of carbonyl (C=O) groups excluding carboxylic acids is 1. The smallest absolute Gasteiger partial charge is 0.257 e. The number of hydrogen-bond acceptors (Lipinski definition) is 3. The Balaban J connectivity index is 1.45. The van der Waals surface area contributed by atoms with Crippen LogP contribution in [0.2, 0.25) is 5.02 Å². The molecule has 3 aromatic rings. The number of ether oxygens (including phenoxy) is 1. The highest BCUT2D eigenvalue weighted by atomic mass is 35.5. The number of rotatable bonds is 4. The van der Waals surface area contributed by atoms with Crippen molar-refractivity contribution in [3.8, 4) is 0 Å². The van der Waals surface area contributed by atoms with Gasteiger partial charge in [0.15, 0.2) is 0 Å². The molecule has 5 nitrogen and oxygen atoms in total. The van der Waals surface area contributed by atoms with Gasteiger partial charge in [0.25, 0.3) is 5.91 Å². The maximum absolute atomic E-state index is 12.9. The zero-order valence-electron chi connectivity index (χ0n) is 14.8. The summed E-state index contributed by atoms with van der Waals surface area (Å²) in [5.41, 5.74) is 2.64. The van der Waals surface area contributed by atoms with Gasteiger partial charge in [0.1, 0.15) is 6.10 Å². The van der Waals surface area contributed by atoms with Crippen LogP contribution in [0, 0.1) is 0 Å². The van der Waals surface area contributed by atoms with Crippen LogP contribution < -0.4 is 0 Å². The number of halogens is 1. The van der Waals surface area contributed by atoms with Crippen molar-refractivity contribution in [2.24, 2.45) is 0 Å². The Kier molecular flexibility index (Phi) is 5.23. The normalized spacial score (nSPS) is 17.1. The highest BCUT2D eigenvalue weighted by Gasteiger charge is 2.26. The molecule has 2 aromatic carbocycles. The van der Waals surface area contributed by atoms with Gasteiger partial charge in [-0.2, -0.15) is 5.10 Å². The van der Waals surface area contributed by atoms with Gasteiger partial charge in [-0.25, -0.2) is 0 Å². The molecule has 2 heterocycles. The second kappa shape index (κ2) is 7.94. The van der Waals surface area contributed by atoms with Gasteiger partial charge >= 0.3 is 0 Å². The predicted octanol–water partition coefficient (Wildman–Crippen LogP) is 3.80. The third-order valence-electron chi connectivity index (χ3n) is 4.70. The fourth-order valence-electron chi connectivity index (χ4n) is 3.25. The van der Waals surface area contributed by atoms with Crippen LogP contribution in [0.15, 0.2) is 67.0 Å². The average molecular weight is 382 g/mol. The molecule has 1 saturated heterocycles. The molecule has 27 heavy (non-hydrogen) atoms. The Morgan fingerprint density at radius 3 is 2.74 bits per heavy atom. The first kappa shape index (κ1) is 17.8. The molecule has 1 aliphatic heterocycles. The molecule has 0 spiro atoms. The Bertz CT molecular complexity index is 926. The molecule has 0 saturated carbocycles. The molecule has 0 unspecified atom stereocenters. The average Bonchev–Trinajstić information content (AvgIpc) is 3.18. The second-order valence-corrected chi connectivity index (χ2v) is 6.95. The van der Waals surface area contributed by atoms with E-state index < -0.39 is 0 Å². The SMILES string of the molecule is O=C(c1cnn(Cc2ccccc2Cl)c1)N1CCO[C@H](c2ccccc2)C1. The molecular formula is C21H20ClN3O2. The van der Waals surface area contributed by atoms with Crippen LogP contribution in [0.3, 0.4) is 0 Å². The number of amides is 1. The number of hydrogen-bond donors (Lipinski definition) is 0. The van der Waals surface area contributed by atoms with E-state index in [0.29, 0.717) is 36.8 Å². The summed E-state index contributed by atoms with van der Waals surface area (Å²) in [6, 6.07) is 17.6. The summed E-state index contributed by atoms with van der Waals surface area (Å²) in [6.07, 6.45) is 3.30. The molecular weight excluding hydrogens is 362 g/mol. The fourth-order valence-corrected chi connectivity index (χ4v) is 3.44. The Labute approximate surface area is 163 Å². The standard InChI is InChI=1S/C21H20ClN3O2/c22-19-9-5-4-8-17(19)13-25-14-18(12-23-25)21(26)24-10-11-27-20(15-24)16-6-2-1-3-7-16/h1-9,12,14,20H,10-11,13,15H2/t20-/m0/s1. The van der Waals surface area contributed by atoms with Crippen LogP contribution in [-0.4, -0.2) is 40.3 Å². The van der Waals surface area contributed by atoms with E-state index in [4.69, 9.17) is 16.3 Å². The minimum absolute atomic E-state index is 0.0235. The number of carbonyl (C=O) groups is 1. The van der Waals surface area contributed by atoms with E-state index in [0.717, 1.165) is 11.1 Å². The summed E-state index contributed by atoms with van der Waals surface area (Å²) in [5.74, 6) is -0.0235. The second-order valence-electron chi connectivity index (χ2n) is 6.54. The Morgan fingerprint density at radius 2 is 1.93 bits per heavy atom. The highest BCUT2D eigenvalue weighted by Crippen LogP contribution is 2.23. The maximum Gasteiger partial charge on any atom is 0.257 e. The lowest BCUT2D eigenvalue weighted by Gasteiger charge is -2.33. The third kappa shape index (κ3) is 4.04. The molecule has 138 valence electrons. The van der Waals surface area contributed by atoms with Crippen molar-refractivity contribution >= 4 is 17.5 Å². The summed E-state index contributed by atoms with van der Waals surface area (Å²) < 4.78 is 7.59. The lowest BCUT2D eigenvalue weighted by Crippen LogP contribution is -2.42. The molecule has 0 aliphatic carbocycles. The molecule has 0 bridgehead atoms. The van der Waals surface area contributed by atoms with E-state index >= 15 is 0 Å². The van der Waals surface area contributed by atoms with E-state index in [1.54, 1.807) is 17.1 Å². The van der Waals surface area contributed by atoms with Crippen molar-refractivity contribution < 1.29 is 9.53 Å². The van der Waals surface area contributed by atoms with Crippen molar-refractivity contribution in [2.45, 2.75) is 12.6 Å². The summed E-state index contributed by atoms with van der Waals surface area (Å²) in [7, 11) is 0. The lowest BCUT2D eigenvalue weighted by molar-refractivity contribution is -0.0228. The number of nitrogens with zero attached hydrogens (tertiary/aromatic N) is 3. The van der Waals surface area contributed by atoms with E-state index in [9.17, 15) is 4.79 Å². The van der Waals surface area contributed by atoms with Crippen LogP contribution in [0.5, 0.6) is 0 Å². The molecule has 1 amide bonds. The van der Waals surface area contributed by atoms with Gasteiger partial charge in [-0.15, -0.1) is 0 Å². The summed E-state index contributed by atoms with van der Waals surface area (Å²) in [5, 5.41) is 5.02. The van der Waals surface area contributed by atoms with Crippen LogP contribution >= 0.6 is 11.6 Å². The summed E-state index contributed by atoms with van der Waals surface area (Å²) in [6.45, 7) is 2.18. The Morgan fingerprint density at radius 1 is 1.15 bits per heavy atom.